The van der Waals surface area contributed by atoms with E-state index in [0.29, 0.717) is 12.1 Å². The second-order valence-corrected chi connectivity index (χ2v) is 3.89. The zero-order valence-corrected chi connectivity index (χ0v) is 10.3. The number of nitrogens with one attached hydrogen (secondary N) is 2. The van der Waals surface area contributed by atoms with Crippen LogP contribution >= 0.6 is 0 Å². The van der Waals surface area contributed by atoms with Gasteiger partial charge in [-0.1, -0.05) is 25.1 Å². The minimum Gasteiger partial charge on any atom is -0.356 e. The van der Waals surface area contributed by atoms with Crippen molar-refractivity contribution in [3.05, 3.63) is 35.6 Å². The Morgan fingerprint density at radius 2 is 1.83 bits per heavy atom. The highest BCUT2D eigenvalue weighted by molar-refractivity contribution is 5.96. The fraction of sp³-hybridized carbons (Fsp3) is 0.385. The Morgan fingerprint density at radius 1 is 1.17 bits per heavy atom. The van der Waals surface area contributed by atoms with Gasteiger partial charge in [0.15, 0.2) is 0 Å². The summed E-state index contributed by atoms with van der Waals surface area (Å²) < 4.78 is 13.2. The highest BCUT2D eigenvalue weighted by atomic mass is 19.1. The van der Waals surface area contributed by atoms with Crippen molar-refractivity contribution in [1.82, 2.24) is 10.6 Å². The maximum absolute atomic E-state index is 13.2. The van der Waals surface area contributed by atoms with E-state index >= 15 is 0 Å². The molecule has 0 spiro atoms. The van der Waals surface area contributed by atoms with E-state index < -0.39 is 5.91 Å². The number of carbonyl (C=O) groups excluding carboxylic acids is 2. The van der Waals surface area contributed by atoms with Crippen LogP contribution in [0.3, 0.4) is 0 Å². The number of halogens is 1. The second kappa shape index (κ2) is 7.42. The normalized spacial score (nSPS) is 9.89. The van der Waals surface area contributed by atoms with Gasteiger partial charge >= 0.3 is 0 Å². The molecule has 2 N–H and O–H groups in total. The fourth-order valence-electron chi connectivity index (χ4n) is 1.37. The number of benzene rings is 1. The molecular weight excluding hydrogens is 235 g/mol. The van der Waals surface area contributed by atoms with Crippen molar-refractivity contribution in [3.8, 4) is 0 Å². The van der Waals surface area contributed by atoms with Crippen LogP contribution in [0.2, 0.25) is 0 Å². The lowest BCUT2D eigenvalue weighted by Crippen LogP contribution is -2.32. The standard InChI is InChI=1S/C13H17FN2O2/c1-2-7-15-12(17)8-13(18)16-9-10-5-3-4-6-11(10)14/h3-6H,2,7-9H2,1H3,(H,15,17)(H,16,18). The third-order valence-electron chi connectivity index (χ3n) is 2.33. The predicted molar refractivity (Wildman–Crippen MR) is 66.2 cm³/mol. The molecule has 0 atom stereocenters. The van der Waals surface area contributed by atoms with E-state index in [1.165, 1.54) is 6.07 Å². The Balaban J connectivity index is 2.33. The van der Waals surface area contributed by atoms with Crippen LogP contribution in [-0.4, -0.2) is 18.4 Å². The molecule has 0 heterocycles. The average Bonchev–Trinajstić information content (AvgIpc) is 2.35. The maximum atomic E-state index is 13.2. The number of hydrogen-bond acceptors (Lipinski definition) is 2. The SMILES string of the molecule is CCCNC(=O)CC(=O)NCc1ccccc1F. The third kappa shape index (κ3) is 4.95. The van der Waals surface area contributed by atoms with Gasteiger partial charge in [0.05, 0.1) is 0 Å². The topological polar surface area (TPSA) is 58.2 Å². The first-order valence-electron chi connectivity index (χ1n) is 5.90. The van der Waals surface area contributed by atoms with Crippen molar-refractivity contribution in [2.24, 2.45) is 0 Å². The van der Waals surface area contributed by atoms with Gasteiger partial charge in [-0.2, -0.15) is 0 Å². The summed E-state index contributed by atoms with van der Waals surface area (Å²) in [7, 11) is 0. The van der Waals surface area contributed by atoms with E-state index in [0.717, 1.165) is 6.42 Å². The highest BCUT2D eigenvalue weighted by Gasteiger charge is 2.09. The number of carbonyl (C=O) groups is 2. The molecular formula is C13H17FN2O2. The van der Waals surface area contributed by atoms with Gasteiger partial charge in [0.2, 0.25) is 11.8 Å². The molecule has 1 aromatic rings. The summed E-state index contributed by atoms with van der Waals surface area (Å²) in [6, 6.07) is 6.19. The largest absolute Gasteiger partial charge is 0.356 e. The zero-order valence-electron chi connectivity index (χ0n) is 10.3. The summed E-state index contributed by atoms with van der Waals surface area (Å²) in [5.74, 6) is -1.09. The van der Waals surface area contributed by atoms with Crippen molar-refractivity contribution in [3.63, 3.8) is 0 Å². The quantitative estimate of drug-likeness (QED) is 0.751. The van der Waals surface area contributed by atoms with E-state index in [2.05, 4.69) is 10.6 Å². The Bertz CT molecular complexity index is 421. The molecule has 0 aromatic heterocycles. The maximum Gasteiger partial charge on any atom is 0.229 e. The third-order valence-corrected chi connectivity index (χ3v) is 2.33. The lowest BCUT2D eigenvalue weighted by Gasteiger charge is -2.06. The average molecular weight is 252 g/mol. The van der Waals surface area contributed by atoms with Crippen LogP contribution in [0.1, 0.15) is 25.3 Å². The van der Waals surface area contributed by atoms with Crippen molar-refractivity contribution in [1.29, 1.82) is 0 Å². The molecule has 0 saturated carbocycles. The Labute approximate surface area is 106 Å². The summed E-state index contributed by atoms with van der Waals surface area (Å²) in [4.78, 5) is 22.7. The molecule has 18 heavy (non-hydrogen) atoms. The van der Waals surface area contributed by atoms with Crippen molar-refractivity contribution in [2.45, 2.75) is 26.3 Å². The Kier molecular flexibility index (Phi) is 5.84. The molecule has 1 aromatic carbocycles. The van der Waals surface area contributed by atoms with Crippen molar-refractivity contribution in [2.75, 3.05) is 6.54 Å². The van der Waals surface area contributed by atoms with E-state index in [9.17, 15) is 14.0 Å². The van der Waals surface area contributed by atoms with Crippen molar-refractivity contribution < 1.29 is 14.0 Å². The first kappa shape index (κ1) is 14.2. The Morgan fingerprint density at radius 3 is 2.50 bits per heavy atom. The van der Waals surface area contributed by atoms with Crippen LogP contribution < -0.4 is 10.6 Å². The van der Waals surface area contributed by atoms with Gasteiger partial charge in [0.25, 0.3) is 0 Å². The van der Waals surface area contributed by atoms with Crippen LogP contribution in [0, 0.1) is 5.82 Å². The van der Waals surface area contributed by atoms with Crippen LogP contribution in [0.15, 0.2) is 24.3 Å². The molecule has 0 aliphatic heterocycles. The summed E-state index contributed by atoms with van der Waals surface area (Å²) in [6.07, 6.45) is 0.594. The zero-order chi connectivity index (χ0) is 13.4. The molecule has 0 saturated heterocycles. The van der Waals surface area contributed by atoms with Gasteiger partial charge in [-0.15, -0.1) is 0 Å². The predicted octanol–water partition coefficient (Wildman–Crippen LogP) is 1.36. The van der Waals surface area contributed by atoms with Gasteiger partial charge < -0.3 is 10.6 Å². The molecule has 1 rings (SSSR count). The van der Waals surface area contributed by atoms with Crippen LogP contribution in [0.25, 0.3) is 0 Å². The summed E-state index contributed by atoms with van der Waals surface area (Å²) in [5.41, 5.74) is 0.403. The molecule has 0 aliphatic carbocycles. The first-order chi connectivity index (χ1) is 8.63. The van der Waals surface area contributed by atoms with E-state index in [1.54, 1.807) is 18.2 Å². The highest BCUT2D eigenvalue weighted by Crippen LogP contribution is 2.05. The summed E-state index contributed by atoms with van der Waals surface area (Å²) in [6.45, 7) is 2.57. The molecule has 0 aliphatic rings. The molecule has 5 heteroatoms. The number of hydrogen-bond donors (Lipinski definition) is 2. The van der Waals surface area contributed by atoms with Gasteiger partial charge in [-0.05, 0) is 12.5 Å². The molecule has 4 nitrogen and oxygen atoms in total. The molecule has 0 fully saturated rings. The van der Waals surface area contributed by atoms with Gasteiger partial charge in [0, 0.05) is 18.7 Å². The van der Waals surface area contributed by atoms with E-state index in [-0.39, 0.29) is 24.7 Å². The molecule has 98 valence electrons. The lowest BCUT2D eigenvalue weighted by atomic mass is 10.2. The van der Waals surface area contributed by atoms with Crippen LogP contribution in [0.5, 0.6) is 0 Å². The fourth-order valence-corrected chi connectivity index (χ4v) is 1.37. The Hall–Kier alpha value is -1.91. The lowest BCUT2D eigenvalue weighted by molar-refractivity contribution is -0.129. The minimum absolute atomic E-state index is 0.0898. The van der Waals surface area contributed by atoms with Crippen LogP contribution in [-0.2, 0) is 16.1 Å². The van der Waals surface area contributed by atoms with Gasteiger partial charge in [-0.25, -0.2) is 4.39 Å². The number of amides is 2. The second-order valence-electron chi connectivity index (χ2n) is 3.89. The number of rotatable bonds is 6. The minimum atomic E-state index is -0.410. The molecule has 0 radical (unpaired) electrons. The van der Waals surface area contributed by atoms with E-state index in [1.807, 2.05) is 6.92 Å². The van der Waals surface area contributed by atoms with Gasteiger partial charge in [0.1, 0.15) is 12.2 Å². The molecule has 0 unspecified atom stereocenters. The molecule has 2 amide bonds. The molecule has 0 bridgehead atoms. The smallest absolute Gasteiger partial charge is 0.229 e. The van der Waals surface area contributed by atoms with E-state index in [4.69, 9.17) is 0 Å². The summed E-state index contributed by atoms with van der Waals surface area (Å²) in [5, 5.41) is 5.11. The first-order valence-corrected chi connectivity index (χ1v) is 5.90. The van der Waals surface area contributed by atoms with Gasteiger partial charge in [-0.3, -0.25) is 9.59 Å². The summed E-state index contributed by atoms with van der Waals surface area (Å²) >= 11 is 0. The van der Waals surface area contributed by atoms with Crippen LogP contribution in [0.4, 0.5) is 4.39 Å². The van der Waals surface area contributed by atoms with Crippen molar-refractivity contribution >= 4 is 11.8 Å². The monoisotopic (exact) mass is 252 g/mol.